The standard InChI is InChI=1S/C78H119NO8/c1-6-8-10-12-14-16-18-20-22-24-26-28-30-32-33-34-35-36-37-38-39-40-41-42-43-45-47-49-51-53-55-57-59-61-63-65-67-69-76(81)87-74(73-86-78(77(82)83)84-71-70-79(3,4)5)72-85-75(80)68-66-64-62-60-58-56-54-52-50-48-46-44-31-29-27-25-23-21-19-17-15-13-11-9-7-2/h8-11,14-17,20-23,26-29,32-33,35-36,38-39,41-42,44-47,50-53,57,59,74,78H,6-7,12-13,18-19,24-25,30-31,34,37,40,43,48-49,54-56,58,60-73H2,1-5H3/b10-8-,11-9-,16-14-,17-15-,22-20-,23-21-,28-26-,29-27-,33-32-,36-35-,39-38-,42-41-,46-44-,47-45-,52-50-,53-51-,59-57-. The molecule has 0 N–H and O–H groups in total. The fraction of sp³-hybridized carbons (Fsp3) is 0.526. The number of carbonyl (C=O) groups is 3. The Balaban J connectivity index is 4.35. The number of hydrogen-bond donors (Lipinski definition) is 0. The smallest absolute Gasteiger partial charge is 0.306 e. The topological polar surface area (TPSA) is 111 Å². The Hall–Kier alpha value is -6.13. The Morgan fingerprint density at radius 3 is 0.931 bits per heavy atom. The van der Waals surface area contributed by atoms with Crippen LogP contribution in [-0.4, -0.2) is 82.3 Å². The van der Waals surface area contributed by atoms with Gasteiger partial charge in [0.1, 0.15) is 13.2 Å². The summed E-state index contributed by atoms with van der Waals surface area (Å²) in [6.07, 6.45) is 100. The van der Waals surface area contributed by atoms with Gasteiger partial charge in [-0.25, -0.2) is 0 Å². The number of ether oxygens (including phenoxy) is 4. The van der Waals surface area contributed by atoms with Crippen LogP contribution >= 0.6 is 0 Å². The Bertz CT molecular complexity index is 2180. The normalized spacial score (nSPS) is 14.1. The first-order chi connectivity index (χ1) is 42.6. The second-order valence-electron chi connectivity index (χ2n) is 22.3. The summed E-state index contributed by atoms with van der Waals surface area (Å²) in [5.41, 5.74) is 0. The largest absolute Gasteiger partial charge is 0.545 e. The van der Waals surface area contributed by atoms with Crippen LogP contribution in [0.5, 0.6) is 0 Å². The van der Waals surface area contributed by atoms with Crippen molar-refractivity contribution in [2.75, 3.05) is 47.5 Å². The first kappa shape index (κ1) is 80.9. The van der Waals surface area contributed by atoms with E-state index in [1.54, 1.807) is 0 Å². The molecule has 0 aliphatic carbocycles. The highest BCUT2D eigenvalue weighted by molar-refractivity contribution is 5.70. The first-order valence-corrected chi connectivity index (χ1v) is 33.2. The molecular formula is C78H119NO8. The quantitative estimate of drug-likeness (QED) is 0.0195. The predicted octanol–water partition coefficient (Wildman–Crippen LogP) is 19.5. The third-order valence-electron chi connectivity index (χ3n) is 13.0. The van der Waals surface area contributed by atoms with Crippen LogP contribution in [0.25, 0.3) is 0 Å². The van der Waals surface area contributed by atoms with E-state index in [0.29, 0.717) is 23.9 Å². The summed E-state index contributed by atoms with van der Waals surface area (Å²) in [5.74, 6) is -2.38. The number of esters is 2. The molecule has 0 heterocycles. The number of quaternary nitrogens is 1. The number of rotatable bonds is 58. The van der Waals surface area contributed by atoms with E-state index >= 15 is 0 Å². The van der Waals surface area contributed by atoms with Crippen LogP contribution in [0.1, 0.15) is 206 Å². The fourth-order valence-electron chi connectivity index (χ4n) is 8.01. The van der Waals surface area contributed by atoms with Crippen LogP contribution in [0, 0.1) is 0 Å². The molecule has 0 amide bonds. The number of carboxylic acids is 1. The van der Waals surface area contributed by atoms with Gasteiger partial charge in [0, 0.05) is 12.8 Å². The summed E-state index contributed by atoms with van der Waals surface area (Å²) in [5, 5.41) is 11.8. The predicted molar refractivity (Wildman–Crippen MR) is 370 cm³/mol. The molecule has 0 aliphatic heterocycles. The number of allylic oxidation sites excluding steroid dienone is 34. The molecule has 9 heteroatoms. The highest BCUT2D eigenvalue weighted by atomic mass is 16.7. The van der Waals surface area contributed by atoms with Crippen molar-refractivity contribution >= 4 is 17.9 Å². The summed E-state index contributed by atoms with van der Waals surface area (Å²) in [4.78, 5) is 37.4. The minimum atomic E-state index is -1.65. The number of carbonyl (C=O) groups excluding carboxylic acids is 3. The molecule has 2 atom stereocenters. The van der Waals surface area contributed by atoms with Crippen LogP contribution in [0.2, 0.25) is 0 Å². The molecule has 0 fully saturated rings. The van der Waals surface area contributed by atoms with E-state index in [2.05, 4.69) is 220 Å². The number of likely N-dealkylation sites (N-methyl/N-ethyl adjacent to an activating group) is 1. The molecule has 0 aliphatic rings. The second kappa shape index (κ2) is 65.8. The van der Waals surface area contributed by atoms with E-state index < -0.39 is 30.3 Å². The minimum Gasteiger partial charge on any atom is -0.545 e. The maximum Gasteiger partial charge on any atom is 0.306 e. The number of unbranched alkanes of at least 4 members (excludes halogenated alkanes) is 9. The third-order valence-corrected chi connectivity index (χ3v) is 13.0. The summed E-state index contributed by atoms with van der Waals surface area (Å²) in [7, 11) is 5.89. The summed E-state index contributed by atoms with van der Waals surface area (Å²) in [6.45, 7) is 4.42. The van der Waals surface area contributed by atoms with Crippen LogP contribution in [0.15, 0.2) is 207 Å². The Labute approximate surface area is 531 Å². The molecule has 2 unspecified atom stereocenters. The zero-order valence-corrected chi connectivity index (χ0v) is 55.0. The maximum atomic E-state index is 12.9. The molecule has 0 spiro atoms. The average molecular weight is 1200 g/mol. The van der Waals surface area contributed by atoms with Crippen LogP contribution < -0.4 is 5.11 Å². The third kappa shape index (κ3) is 67.2. The van der Waals surface area contributed by atoms with Crippen LogP contribution in [0.3, 0.4) is 0 Å². The van der Waals surface area contributed by atoms with Gasteiger partial charge in [0.05, 0.1) is 40.3 Å². The van der Waals surface area contributed by atoms with Gasteiger partial charge in [-0.15, -0.1) is 0 Å². The van der Waals surface area contributed by atoms with E-state index in [1.807, 2.05) is 21.1 Å². The molecule has 0 saturated carbocycles. The van der Waals surface area contributed by atoms with Crippen molar-refractivity contribution in [1.29, 1.82) is 0 Å². The lowest BCUT2D eigenvalue weighted by atomic mass is 10.1. The molecule has 0 aromatic carbocycles. The van der Waals surface area contributed by atoms with E-state index in [-0.39, 0.29) is 32.7 Å². The number of hydrogen-bond acceptors (Lipinski definition) is 8. The van der Waals surface area contributed by atoms with Crippen molar-refractivity contribution in [2.24, 2.45) is 0 Å². The van der Waals surface area contributed by atoms with Gasteiger partial charge in [-0.1, -0.05) is 253 Å². The second-order valence-corrected chi connectivity index (χ2v) is 22.3. The van der Waals surface area contributed by atoms with Crippen molar-refractivity contribution < 1.29 is 42.9 Å². The summed E-state index contributed by atoms with van der Waals surface area (Å²) >= 11 is 0. The molecule has 0 rings (SSSR count). The highest BCUT2D eigenvalue weighted by Crippen LogP contribution is 2.13. The SMILES string of the molecule is CC/C=C\C/C=C\C/C=C\C/C=C\C/C=C\C/C=C\C/C=C\C/C=C\C/C=C\C/C=C\C/C=C\CCCCCC(=O)OC(COC(=O)CCCCCCCC/C=C\C/C=C\C/C=C\C/C=C\C/C=C\C/C=C\CC)COC(OCC[N+](C)(C)C)C(=O)[O-]. The van der Waals surface area contributed by atoms with Crippen LogP contribution in [0.4, 0.5) is 0 Å². The Kier molecular flexibility index (Phi) is 61.2. The number of carboxylic acid groups (broad SMARTS) is 1. The van der Waals surface area contributed by atoms with Crippen molar-refractivity contribution in [1.82, 2.24) is 0 Å². The summed E-state index contributed by atoms with van der Waals surface area (Å²) in [6, 6.07) is 0. The van der Waals surface area contributed by atoms with Gasteiger partial charge in [0.2, 0.25) is 0 Å². The zero-order chi connectivity index (χ0) is 63.3. The van der Waals surface area contributed by atoms with Gasteiger partial charge in [-0.2, -0.15) is 0 Å². The number of nitrogens with zero attached hydrogens (tertiary/aromatic N) is 1. The minimum absolute atomic E-state index is 0.125. The molecule has 87 heavy (non-hydrogen) atoms. The Morgan fingerprint density at radius 2 is 0.621 bits per heavy atom. The molecule has 0 saturated heterocycles. The van der Waals surface area contributed by atoms with E-state index in [0.717, 1.165) is 167 Å². The first-order valence-electron chi connectivity index (χ1n) is 33.2. The maximum absolute atomic E-state index is 12.9. The molecule has 0 aromatic rings. The van der Waals surface area contributed by atoms with Gasteiger partial charge >= 0.3 is 11.9 Å². The van der Waals surface area contributed by atoms with Gasteiger partial charge in [0.15, 0.2) is 12.4 Å². The summed E-state index contributed by atoms with van der Waals surface area (Å²) < 4.78 is 22.7. The monoisotopic (exact) mass is 1200 g/mol. The average Bonchev–Trinajstić information content (AvgIpc) is 3.57. The van der Waals surface area contributed by atoms with E-state index in [4.69, 9.17) is 18.9 Å². The highest BCUT2D eigenvalue weighted by Gasteiger charge is 2.22. The number of aliphatic carboxylic acids is 1. The lowest BCUT2D eigenvalue weighted by molar-refractivity contribution is -0.870. The van der Waals surface area contributed by atoms with Crippen molar-refractivity contribution in [3.05, 3.63) is 207 Å². The molecule has 0 radical (unpaired) electrons. The van der Waals surface area contributed by atoms with E-state index in [1.165, 1.54) is 0 Å². The molecule has 0 aromatic heterocycles. The lowest BCUT2D eigenvalue weighted by Gasteiger charge is -2.26. The van der Waals surface area contributed by atoms with Crippen LogP contribution in [-0.2, 0) is 33.3 Å². The lowest BCUT2D eigenvalue weighted by Crippen LogP contribution is -2.44. The van der Waals surface area contributed by atoms with Gasteiger partial charge < -0.3 is 33.3 Å². The van der Waals surface area contributed by atoms with E-state index in [9.17, 15) is 19.5 Å². The molecular weight excluding hydrogens is 1080 g/mol. The van der Waals surface area contributed by atoms with Crippen molar-refractivity contribution in [3.63, 3.8) is 0 Å². The van der Waals surface area contributed by atoms with Crippen molar-refractivity contribution in [3.8, 4) is 0 Å². The molecule has 0 bridgehead atoms. The van der Waals surface area contributed by atoms with Crippen molar-refractivity contribution in [2.45, 2.75) is 219 Å². The molecule has 9 nitrogen and oxygen atoms in total. The van der Waals surface area contributed by atoms with Gasteiger partial charge in [-0.05, 0) is 148 Å². The van der Waals surface area contributed by atoms with Gasteiger partial charge in [-0.3, -0.25) is 9.59 Å². The fourth-order valence-corrected chi connectivity index (χ4v) is 8.01. The zero-order valence-electron chi connectivity index (χ0n) is 55.0. The Morgan fingerprint density at radius 1 is 0.345 bits per heavy atom. The molecule has 484 valence electrons. The van der Waals surface area contributed by atoms with Gasteiger partial charge in [0.25, 0.3) is 0 Å².